The number of thiazole rings is 1. The average Bonchev–Trinajstić information content (AvgIpc) is 3.80. The molecule has 0 bridgehead atoms. The fraction of sp³-hybridized carbons (Fsp3) is 0.0612. The summed E-state index contributed by atoms with van der Waals surface area (Å²) in [6.07, 6.45) is 18.0. The molecule has 1 radical (unpaired) electrons. The van der Waals surface area contributed by atoms with Crippen molar-refractivity contribution in [2.45, 2.75) is 20.7 Å². The molecule has 5 nitrogen and oxygen atoms in total. The summed E-state index contributed by atoms with van der Waals surface area (Å²) in [6, 6.07) is 34.9. The smallest absolute Gasteiger partial charge is 0.172 e. The Morgan fingerprint density at radius 2 is 1.39 bits per heavy atom. The average molecular weight is 743 g/mol. The predicted octanol–water partition coefficient (Wildman–Crippen LogP) is 12.1. The first-order valence-electron chi connectivity index (χ1n) is 18.5. The van der Waals surface area contributed by atoms with Crippen LogP contribution in [-0.2, 0) is 0 Å². The van der Waals surface area contributed by atoms with E-state index in [9.17, 15) is 0 Å². The van der Waals surface area contributed by atoms with Gasteiger partial charge < -0.3 is 4.57 Å². The zero-order valence-corrected chi connectivity index (χ0v) is 32.7. The molecule has 0 amide bonds. The lowest BCUT2D eigenvalue weighted by atomic mass is 9.75. The van der Waals surface area contributed by atoms with E-state index in [-0.39, 0.29) is 0 Å². The maximum atomic E-state index is 5.10. The van der Waals surface area contributed by atoms with Gasteiger partial charge in [0, 0.05) is 33.6 Å². The maximum Gasteiger partial charge on any atom is 0.172 e. The van der Waals surface area contributed by atoms with Crippen molar-refractivity contribution in [3.63, 3.8) is 0 Å². The molecule has 0 unspecified atom stereocenters. The minimum Gasteiger partial charge on any atom is -0.323 e. The third-order valence-electron chi connectivity index (χ3n) is 9.42. The van der Waals surface area contributed by atoms with Crippen molar-refractivity contribution < 1.29 is 0 Å². The van der Waals surface area contributed by atoms with Gasteiger partial charge in [0.2, 0.25) is 0 Å². The standard InChI is InChI=1S/C49H41BN5S/c1-7-10-19-35(9-3)33(4)27-30-43-34(5)41(26-11-8-2)45(50-6)55(43)40-25-18-24-39(31-40)49-51-42-29-28-38(32-44(42)56-49)48-53-46(36-20-14-12-15-21-36)52-47(54-48)37-22-16-13-17-23-37/h7-32H,2-4H2,1,5-6H3/b10-7-,26-11-,30-27-,35-19+. The molecule has 4 aromatic carbocycles. The van der Waals surface area contributed by atoms with Crippen LogP contribution in [0.3, 0.4) is 0 Å². The van der Waals surface area contributed by atoms with Gasteiger partial charge in [-0.1, -0.05) is 148 Å². The van der Waals surface area contributed by atoms with E-state index in [1.807, 2.05) is 104 Å². The highest BCUT2D eigenvalue weighted by molar-refractivity contribution is 7.21. The number of fused-ring (bicyclic) bond motifs is 1. The topological polar surface area (TPSA) is 56.5 Å². The number of hydrogen-bond acceptors (Lipinski definition) is 5. The van der Waals surface area contributed by atoms with Gasteiger partial charge in [-0.05, 0) is 78.1 Å². The van der Waals surface area contributed by atoms with Gasteiger partial charge in [0.15, 0.2) is 24.8 Å². The summed E-state index contributed by atoms with van der Waals surface area (Å²) in [5.41, 5.74) is 12.0. The molecule has 3 aromatic heterocycles. The summed E-state index contributed by atoms with van der Waals surface area (Å²) in [6.45, 7) is 18.5. The third-order valence-corrected chi connectivity index (χ3v) is 10.5. The molecular formula is C49H41BN5S. The lowest BCUT2D eigenvalue weighted by molar-refractivity contribution is 1.07. The number of benzene rings is 4. The van der Waals surface area contributed by atoms with E-state index < -0.39 is 0 Å². The molecule has 3 heterocycles. The highest BCUT2D eigenvalue weighted by Gasteiger charge is 2.19. The Balaban J connectivity index is 1.29. The highest BCUT2D eigenvalue weighted by Crippen LogP contribution is 2.35. The van der Waals surface area contributed by atoms with Crippen LogP contribution in [0.4, 0.5) is 0 Å². The fourth-order valence-corrected chi connectivity index (χ4v) is 7.57. The normalized spacial score (nSPS) is 11.9. The molecule has 0 aliphatic carbocycles. The van der Waals surface area contributed by atoms with Crippen LogP contribution in [0.25, 0.3) is 72.8 Å². The first-order chi connectivity index (χ1) is 27.4. The van der Waals surface area contributed by atoms with Crippen LogP contribution >= 0.6 is 11.3 Å². The van der Waals surface area contributed by atoms with E-state index in [2.05, 4.69) is 100.0 Å². The lowest BCUT2D eigenvalue weighted by Gasteiger charge is -2.13. The summed E-state index contributed by atoms with van der Waals surface area (Å²) in [4.78, 5) is 19.9. The molecule has 0 N–H and O–H groups in total. The number of rotatable bonds is 13. The molecular weight excluding hydrogens is 701 g/mol. The van der Waals surface area contributed by atoms with Gasteiger partial charge in [0.1, 0.15) is 5.01 Å². The second-order valence-electron chi connectivity index (χ2n) is 13.0. The van der Waals surface area contributed by atoms with Crippen LogP contribution in [-0.4, -0.2) is 31.8 Å². The van der Waals surface area contributed by atoms with Gasteiger partial charge in [-0.3, -0.25) is 0 Å². The minimum absolute atomic E-state index is 0.616. The monoisotopic (exact) mass is 742 g/mol. The summed E-state index contributed by atoms with van der Waals surface area (Å²) in [7, 11) is 2.16. The van der Waals surface area contributed by atoms with Crippen molar-refractivity contribution >= 4 is 46.6 Å². The first-order valence-corrected chi connectivity index (χ1v) is 19.3. The summed E-state index contributed by atoms with van der Waals surface area (Å²) >= 11 is 1.66. The first kappa shape index (κ1) is 37.6. The van der Waals surface area contributed by atoms with E-state index >= 15 is 0 Å². The largest absolute Gasteiger partial charge is 0.323 e. The summed E-state index contributed by atoms with van der Waals surface area (Å²) in [5, 5.41) is 0.928. The SMILES string of the molecule is C=C/C=C\c1c(C)c(/C=C\C(=C)/C(C=C)=C/C=C\C)n(-c2cccc(-c3nc4ccc(-c5nc(-c6ccccc6)nc(-c6ccccc6)n5)cc4s3)c2)c1[B]C. The summed E-state index contributed by atoms with van der Waals surface area (Å²) in [5.74, 6) is 1.88. The Bertz CT molecular complexity index is 2640. The fourth-order valence-electron chi connectivity index (χ4n) is 6.57. The van der Waals surface area contributed by atoms with Gasteiger partial charge in [0.05, 0.1) is 10.2 Å². The zero-order valence-electron chi connectivity index (χ0n) is 31.9. The van der Waals surface area contributed by atoms with Crippen molar-refractivity contribution in [2.24, 2.45) is 0 Å². The molecule has 7 heteroatoms. The maximum absolute atomic E-state index is 5.10. The van der Waals surface area contributed by atoms with Crippen LogP contribution in [0, 0.1) is 6.92 Å². The molecule has 0 atom stereocenters. The van der Waals surface area contributed by atoms with E-state index in [1.54, 1.807) is 17.4 Å². The van der Waals surface area contributed by atoms with Crippen LogP contribution in [0.5, 0.6) is 0 Å². The van der Waals surface area contributed by atoms with Crippen LogP contribution in [0.2, 0.25) is 6.82 Å². The van der Waals surface area contributed by atoms with Crippen LogP contribution in [0.15, 0.2) is 177 Å². The molecule has 0 saturated carbocycles. The van der Waals surface area contributed by atoms with Gasteiger partial charge in [-0.2, -0.15) is 0 Å². The van der Waals surface area contributed by atoms with Gasteiger partial charge in [-0.25, -0.2) is 19.9 Å². The lowest BCUT2D eigenvalue weighted by Crippen LogP contribution is -2.24. The molecule has 56 heavy (non-hydrogen) atoms. The van der Waals surface area contributed by atoms with E-state index in [0.29, 0.717) is 17.5 Å². The quantitative estimate of drug-likeness (QED) is 0.0872. The Kier molecular flexibility index (Phi) is 11.5. The minimum atomic E-state index is 0.616. The van der Waals surface area contributed by atoms with Crippen LogP contribution in [0.1, 0.15) is 23.7 Å². The van der Waals surface area contributed by atoms with Crippen molar-refractivity contribution in [3.8, 4) is 50.4 Å². The van der Waals surface area contributed by atoms with E-state index in [0.717, 1.165) is 76.7 Å². The second kappa shape index (κ2) is 17.2. The molecule has 0 saturated heterocycles. The molecule has 0 fully saturated rings. The Labute approximate surface area is 334 Å². The Hall–Kier alpha value is -6.70. The van der Waals surface area contributed by atoms with Crippen molar-refractivity contribution in [3.05, 3.63) is 193 Å². The zero-order chi connectivity index (χ0) is 39.0. The van der Waals surface area contributed by atoms with E-state index in [1.165, 1.54) is 0 Å². The van der Waals surface area contributed by atoms with Crippen LogP contribution < -0.4 is 5.59 Å². The van der Waals surface area contributed by atoms with Gasteiger partial charge in [-0.15, -0.1) is 11.3 Å². The number of nitrogens with zero attached hydrogens (tertiary/aromatic N) is 5. The van der Waals surface area contributed by atoms with E-state index in [4.69, 9.17) is 19.9 Å². The molecule has 0 aliphatic heterocycles. The van der Waals surface area contributed by atoms with Gasteiger partial charge >= 0.3 is 0 Å². The molecule has 7 aromatic rings. The number of allylic oxidation sites excluding steroid dienone is 9. The number of aromatic nitrogens is 5. The molecule has 271 valence electrons. The van der Waals surface area contributed by atoms with Crippen molar-refractivity contribution in [1.29, 1.82) is 0 Å². The van der Waals surface area contributed by atoms with Gasteiger partial charge in [0.25, 0.3) is 0 Å². The second-order valence-corrected chi connectivity index (χ2v) is 14.1. The van der Waals surface area contributed by atoms with Crippen molar-refractivity contribution in [2.75, 3.05) is 0 Å². The highest BCUT2D eigenvalue weighted by atomic mass is 32.1. The van der Waals surface area contributed by atoms with Crippen molar-refractivity contribution in [1.82, 2.24) is 24.5 Å². The Morgan fingerprint density at radius 1 is 0.732 bits per heavy atom. The number of hydrogen-bond donors (Lipinski definition) is 0. The molecule has 0 aliphatic rings. The molecule has 0 spiro atoms. The summed E-state index contributed by atoms with van der Waals surface area (Å²) < 4.78 is 3.35. The Morgan fingerprint density at radius 3 is 2.02 bits per heavy atom. The third kappa shape index (κ3) is 7.90. The predicted molar refractivity (Wildman–Crippen MR) is 241 cm³/mol. The molecule has 7 rings (SSSR count).